The summed E-state index contributed by atoms with van der Waals surface area (Å²) in [4.78, 5) is 4.08. The predicted molar refractivity (Wildman–Crippen MR) is 57.7 cm³/mol. The van der Waals surface area contributed by atoms with Crippen LogP contribution >= 0.6 is 23.2 Å². The van der Waals surface area contributed by atoms with Crippen molar-refractivity contribution in [3.8, 4) is 0 Å². The van der Waals surface area contributed by atoms with Gasteiger partial charge in [0.25, 0.3) is 0 Å². The summed E-state index contributed by atoms with van der Waals surface area (Å²) >= 11 is 11.5. The van der Waals surface area contributed by atoms with Gasteiger partial charge in [0.05, 0.1) is 0 Å². The Kier molecular flexibility index (Phi) is 4.33. The molecule has 72 valence electrons. The second kappa shape index (κ2) is 5.30. The highest BCUT2D eigenvalue weighted by atomic mass is 35.5. The molecule has 0 unspecified atom stereocenters. The Bertz CT molecular complexity index is 256. The number of hydrogen-bond donors (Lipinski definition) is 1. The molecule has 1 aromatic heterocycles. The normalized spacial score (nSPS) is 10.1. The summed E-state index contributed by atoms with van der Waals surface area (Å²) in [5.41, 5.74) is 0. The van der Waals surface area contributed by atoms with E-state index in [4.69, 9.17) is 23.2 Å². The van der Waals surface area contributed by atoms with Crippen molar-refractivity contribution >= 4 is 29.0 Å². The van der Waals surface area contributed by atoms with Gasteiger partial charge in [-0.05, 0) is 18.6 Å². The molecule has 0 saturated heterocycles. The minimum atomic E-state index is 0.423. The van der Waals surface area contributed by atoms with Crippen LogP contribution in [0.4, 0.5) is 5.82 Å². The van der Waals surface area contributed by atoms with Crippen LogP contribution in [0.5, 0.6) is 0 Å². The van der Waals surface area contributed by atoms with Crippen molar-refractivity contribution in [2.45, 2.75) is 19.8 Å². The maximum Gasteiger partial charge on any atom is 0.132 e. The molecule has 0 aliphatic carbocycles. The number of hydrogen-bond acceptors (Lipinski definition) is 2. The number of anilines is 1. The molecular weight excluding hydrogens is 207 g/mol. The summed E-state index contributed by atoms with van der Waals surface area (Å²) in [7, 11) is 0. The smallest absolute Gasteiger partial charge is 0.132 e. The van der Waals surface area contributed by atoms with E-state index < -0.39 is 0 Å². The van der Waals surface area contributed by atoms with Gasteiger partial charge < -0.3 is 5.32 Å². The largest absolute Gasteiger partial charge is 0.370 e. The summed E-state index contributed by atoms with van der Waals surface area (Å²) in [5, 5.41) is 4.18. The molecule has 0 bridgehead atoms. The molecule has 0 fully saturated rings. The Morgan fingerprint density at radius 2 is 2.15 bits per heavy atom. The van der Waals surface area contributed by atoms with Crippen molar-refractivity contribution in [3.63, 3.8) is 0 Å². The first-order chi connectivity index (χ1) is 6.22. The van der Waals surface area contributed by atoms with Gasteiger partial charge in [-0.1, -0.05) is 36.5 Å². The molecule has 0 atom stereocenters. The highest BCUT2D eigenvalue weighted by molar-refractivity contribution is 6.34. The van der Waals surface area contributed by atoms with Gasteiger partial charge >= 0.3 is 0 Å². The lowest BCUT2D eigenvalue weighted by molar-refractivity contribution is 0.831. The highest BCUT2D eigenvalue weighted by Crippen LogP contribution is 2.18. The van der Waals surface area contributed by atoms with Gasteiger partial charge in [0.15, 0.2) is 0 Å². The fraction of sp³-hybridized carbons (Fsp3) is 0.444. The molecule has 1 heterocycles. The molecule has 4 heteroatoms. The van der Waals surface area contributed by atoms with Crippen molar-refractivity contribution in [1.29, 1.82) is 0 Å². The van der Waals surface area contributed by atoms with Gasteiger partial charge in [-0.2, -0.15) is 0 Å². The van der Waals surface area contributed by atoms with Gasteiger partial charge in [0.2, 0.25) is 0 Å². The minimum absolute atomic E-state index is 0.423. The van der Waals surface area contributed by atoms with E-state index >= 15 is 0 Å². The van der Waals surface area contributed by atoms with Crippen LogP contribution in [0.15, 0.2) is 12.1 Å². The zero-order valence-corrected chi connectivity index (χ0v) is 8.99. The van der Waals surface area contributed by atoms with Crippen molar-refractivity contribution in [1.82, 2.24) is 4.98 Å². The second-order valence-corrected chi connectivity index (χ2v) is 3.60. The minimum Gasteiger partial charge on any atom is -0.370 e. The summed E-state index contributed by atoms with van der Waals surface area (Å²) in [6.45, 7) is 3.04. The van der Waals surface area contributed by atoms with Crippen LogP contribution in [0.2, 0.25) is 10.2 Å². The van der Waals surface area contributed by atoms with Gasteiger partial charge in [-0.3, -0.25) is 0 Å². The number of halogens is 2. The number of nitrogens with zero attached hydrogens (tertiary/aromatic N) is 1. The fourth-order valence-electron chi connectivity index (χ4n) is 0.949. The molecule has 1 aromatic rings. The van der Waals surface area contributed by atoms with E-state index in [1.54, 1.807) is 12.1 Å². The van der Waals surface area contributed by atoms with Crippen LogP contribution < -0.4 is 5.32 Å². The first-order valence-corrected chi connectivity index (χ1v) is 5.05. The zero-order valence-electron chi connectivity index (χ0n) is 7.48. The second-order valence-electron chi connectivity index (χ2n) is 2.77. The van der Waals surface area contributed by atoms with Gasteiger partial charge in [-0.15, -0.1) is 0 Å². The quantitative estimate of drug-likeness (QED) is 0.618. The lowest BCUT2D eigenvalue weighted by Crippen LogP contribution is -2.02. The van der Waals surface area contributed by atoms with Crippen LogP contribution in [0.1, 0.15) is 19.8 Å². The standard InChI is InChI=1S/C9H12Cl2N2/c1-2-3-4-12-9-6-7(10)5-8(11)13-9/h5-6H,2-4H2,1H3,(H,12,13). The molecule has 1 rings (SSSR count). The van der Waals surface area contributed by atoms with Crippen LogP contribution in [0, 0.1) is 0 Å². The number of pyridine rings is 1. The molecule has 0 radical (unpaired) electrons. The third kappa shape index (κ3) is 3.83. The molecule has 0 aliphatic heterocycles. The van der Waals surface area contributed by atoms with E-state index in [0.717, 1.165) is 25.2 Å². The van der Waals surface area contributed by atoms with E-state index in [-0.39, 0.29) is 0 Å². The molecule has 13 heavy (non-hydrogen) atoms. The van der Waals surface area contributed by atoms with Gasteiger partial charge in [0, 0.05) is 11.6 Å². The molecule has 1 N–H and O–H groups in total. The molecule has 2 nitrogen and oxygen atoms in total. The van der Waals surface area contributed by atoms with E-state index in [0.29, 0.717) is 10.2 Å². The predicted octanol–water partition coefficient (Wildman–Crippen LogP) is 3.60. The SMILES string of the molecule is CCCCNc1cc(Cl)cc(Cl)n1. The summed E-state index contributed by atoms with van der Waals surface area (Å²) in [6.07, 6.45) is 2.27. The Labute approximate surface area is 88.3 Å². The number of aromatic nitrogens is 1. The van der Waals surface area contributed by atoms with Crippen molar-refractivity contribution in [3.05, 3.63) is 22.3 Å². The lowest BCUT2D eigenvalue weighted by Gasteiger charge is -2.04. The molecular formula is C9H12Cl2N2. The third-order valence-electron chi connectivity index (χ3n) is 1.60. The number of rotatable bonds is 4. The number of nitrogens with one attached hydrogen (secondary N) is 1. The van der Waals surface area contributed by atoms with E-state index in [1.807, 2.05) is 0 Å². The van der Waals surface area contributed by atoms with E-state index in [1.165, 1.54) is 0 Å². The lowest BCUT2D eigenvalue weighted by atomic mass is 10.3. The zero-order chi connectivity index (χ0) is 9.68. The summed E-state index contributed by atoms with van der Waals surface area (Å²) in [5.74, 6) is 0.742. The maximum absolute atomic E-state index is 5.80. The van der Waals surface area contributed by atoms with Gasteiger partial charge in [0.1, 0.15) is 11.0 Å². The Morgan fingerprint density at radius 1 is 1.38 bits per heavy atom. The maximum atomic E-state index is 5.80. The summed E-state index contributed by atoms with van der Waals surface area (Å²) in [6, 6.07) is 3.39. The molecule has 0 spiro atoms. The van der Waals surface area contributed by atoms with Gasteiger partial charge in [-0.25, -0.2) is 4.98 Å². The fourth-order valence-corrected chi connectivity index (χ4v) is 1.42. The first kappa shape index (κ1) is 10.6. The van der Waals surface area contributed by atoms with Crippen LogP contribution in [0.25, 0.3) is 0 Å². The molecule has 0 aliphatic rings. The summed E-state index contributed by atoms with van der Waals surface area (Å²) < 4.78 is 0. The Hall–Kier alpha value is -0.470. The third-order valence-corrected chi connectivity index (χ3v) is 2.01. The molecule has 0 saturated carbocycles. The molecule has 0 aromatic carbocycles. The van der Waals surface area contributed by atoms with Crippen molar-refractivity contribution in [2.24, 2.45) is 0 Å². The average Bonchev–Trinajstić information content (AvgIpc) is 2.03. The monoisotopic (exact) mass is 218 g/mol. The first-order valence-electron chi connectivity index (χ1n) is 4.29. The van der Waals surface area contributed by atoms with Crippen LogP contribution in [0.3, 0.4) is 0 Å². The Balaban J connectivity index is 2.56. The van der Waals surface area contributed by atoms with E-state index in [2.05, 4.69) is 17.2 Å². The van der Waals surface area contributed by atoms with Crippen molar-refractivity contribution in [2.75, 3.05) is 11.9 Å². The van der Waals surface area contributed by atoms with Crippen LogP contribution in [-0.4, -0.2) is 11.5 Å². The van der Waals surface area contributed by atoms with Crippen molar-refractivity contribution < 1.29 is 0 Å². The number of unbranched alkanes of at least 4 members (excludes halogenated alkanes) is 1. The Morgan fingerprint density at radius 3 is 2.77 bits per heavy atom. The highest BCUT2D eigenvalue weighted by Gasteiger charge is 1.97. The topological polar surface area (TPSA) is 24.9 Å². The molecule has 0 amide bonds. The van der Waals surface area contributed by atoms with Crippen LogP contribution in [-0.2, 0) is 0 Å². The van der Waals surface area contributed by atoms with E-state index in [9.17, 15) is 0 Å². The average molecular weight is 219 g/mol.